The van der Waals surface area contributed by atoms with Crippen LogP contribution >= 0.6 is 11.3 Å². The Kier molecular flexibility index (Phi) is 4.79. The number of thiophene rings is 1. The lowest BCUT2D eigenvalue weighted by molar-refractivity contribution is 0.480. The van der Waals surface area contributed by atoms with Crippen molar-refractivity contribution in [2.75, 3.05) is 6.54 Å². The summed E-state index contributed by atoms with van der Waals surface area (Å²) in [7, 11) is 0. The highest BCUT2D eigenvalue weighted by Gasteiger charge is 2.13. The fourth-order valence-corrected chi connectivity index (χ4v) is 3.56. The summed E-state index contributed by atoms with van der Waals surface area (Å²) in [6.45, 7) is 7.98. The molecule has 1 heterocycles. The largest absolute Gasteiger partial charge is 0.314 e. The molecule has 0 spiro atoms. The van der Waals surface area contributed by atoms with Crippen molar-refractivity contribution in [1.82, 2.24) is 5.32 Å². The van der Waals surface area contributed by atoms with Crippen molar-refractivity contribution in [3.8, 4) is 0 Å². The van der Waals surface area contributed by atoms with Gasteiger partial charge in [0.15, 0.2) is 0 Å². The predicted molar refractivity (Wildman–Crippen MR) is 82.6 cm³/mol. The third kappa shape index (κ3) is 3.12. The Labute approximate surface area is 114 Å². The van der Waals surface area contributed by atoms with Crippen molar-refractivity contribution in [2.24, 2.45) is 0 Å². The molecular weight excluding hydrogens is 238 g/mol. The van der Waals surface area contributed by atoms with Crippen LogP contribution in [0.1, 0.15) is 45.1 Å². The minimum atomic E-state index is 0.593. The summed E-state index contributed by atoms with van der Waals surface area (Å²) in [4.78, 5) is 0. The number of rotatable bonds is 6. The van der Waals surface area contributed by atoms with Gasteiger partial charge in [0.25, 0.3) is 0 Å². The van der Waals surface area contributed by atoms with Gasteiger partial charge in [-0.2, -0.15) is 0 Å². The van der Waals surface area contributed by atoms with Crippen LogP contribution in [0.15, 0.2) is 29.6 Å². The van der Waals surface area contributed by atoms with E-state index in [0.717, 1.165) is 6.54 Å². The maximum absolute atomic E-state index is 3.58. The fraction of sp³-hybridized carbons (Fsp3) is 0.500. The standard InChI is InChI=1S/C16H23NS/c1-4-9-17-13(3)11-12(2)15-7-5-6-14-8-10-18-16(14)15/h5-8,10,12-13,17H,4,9,11H2,1-3H3. The van der Waals surface area contributed by atoms with Crippen molar-refractivity contribution < 1.29 is 0 Å². The van der Waals surface area contributed by atoms with Crippen molar-refractivity contribution >= 4 is 21.4 Å². The number of fused-ring (bicyclic) bond motifs is 1. The first-order chi connectivity index (χ1) is 8.72. The molecule has 0 saturated carbocycles. The molecule has 1 nitrogen and oxygen atoms in total. The Balaban J connectivity index is 2.08. The van der Waals surface area contributed by atoms with Gasteiger partial charge in [0.1, 0.15) is 0 Å². The summed E-state index contributed by atoms with van der Waals surface area (Å²) >= 11 is 1.87. The first kappa shape index (κ1) is 13.6. The Hall–Kier alpha value is -0.860. The van der Waals surface area contributed by atoms with Gasteiger partial charge < -0.3 is 5.32 Å². The van der Waals surface area contributed by atoms with Gasteiger partial charge in [-0.15, -0.1) is 11.3 Å². The van der Waals surface area contributed by atoms with Crippen LogP contribution in [0.5, 0.6) is 0 Å². The highest BCUT2D eigenvalue weighted by atomic mass is 32.1. The zero-order valence-electron chi connectivity index (χ0n) is 11.6. The third-order valence-corrected chi connectivity index (χ3v) is 4.47. The van der Waals surface area contributed by atoms with Crippen LogP contribution in [0.4, 0.5) is 0 Å². The molecule has 0 bridgehead atoms. The zero-order chi connectivity index (χ0) is 13.0. The zero-order valence-corrected chi connectivity index (χ0v) is 12.4. The van der Waals surface area contributed by atoms with E-state index in [-0.39, 0.29) is 0 Å². The Morgan fingerprint density at radius 2 is 2.06 bits per heavy atom. The number of benzene rings is 1. The van der Waals surface area contributed by atoms with Crippen molar-refractivity contribution in [1.29, 1.82) is 0 Å². The SMILES string of the molecule is CCCNC(C)CC(C)c1cccc2ccsc12. The molecule has 98 valence electrons. The van der Waals surface area contributed by atoms with Crippen LogP contribution in [0.2, 0.25) is 0 Å². The van der Waals surface area contributed by atoms with E-state index < -0.39 is 0 Å². The normalized spacial score (nSPS) is 14.8. The van der Waals surface area contributed by atoms with Crippen LogP contribution in [0.25, 0.3) is 10.1 Å². The minimum Gasteiger partial charge on any atom is -0.314 e. The summed E-state index contributed by atoms with van der Waals surface area (Å²) in [6.07, 6.45) is 2.41. The maximum atomic E-state index is 3.58. The predicted octanol–water partition coefficient (Wildman–Crippen LogP) is 4.78. The van der Waals surface area contributed by atoms with E-state index in [1.54, 1.807) is 0 Å². The van der Waals surface area contributed by atoms with E-state index >= 15 is 0 Å². The van der Waals surface area contributed by atoms with E-state index in [2.05, 4.69) is 55.7 Å². The number of hydrogen-bond donors (Lipinski definition) is 1. The van der Waals surface area contributed by atoms with E-state index in [0.29, 0.717) is 12.0 Å². The molecule has 2 aromatic rings. The molecule has 0 fully saturated rings. The minimum absolute atomic E-state index is 0.593. The molecule has 2 rings (SSSR count). The highest BCUT2D eigenvalue weighted by molar-refractivity contribution is 7.17. The van der Waals surface area contributed by atoms with Gasteiger partial charge in [-0.05, 0) is 54.6 Å². The summed E-state index contributed by atoms with van der Waals surface area (Å²) < 4.78 is 1.47. The molecular formula is C16H23NS. The fourth-order valence-electron chi connectivity index (χ4n) is 2.54. The second-order valence-corrected chi connectivity index (χ2v) is 6.09. The molecule has 0 radical (unpaired) electrons. The van der Waals surface area contributed by atoms with Crippen LogP contribution in [0, 0.1) is 0 Å². The van der Waals surface area contributed by atoms with E-state index in [9.17, 15) is 0 Å². The maximum Gasteiger partial charge on any atom is 0.0377 e. The summed E-state index contributed by atoms with van der Waals surface area (Å²) in [5.41, 5.74) is 1.51. The summed E-state index contributed by atoms with van der Waals surface area (Å²) in [6, 6.07) is 9.49. The van der Waals surface area contributed by atoms with Crippen LogP contribution < -0.4 is 5.32 Å². The van der Waals surface area contributed by atoms with Crippen LogP contribution in [-0.4, -0.2) is 12.6 Å². The molecule has 0 aliphatic heterocycles. The Morgan fingerprint density at radius 1 is 1.22 bits per heavy atom. The van der Waals surface area contributed by atoms with E-state index in [1.807, 2.05) is 11.3 Å². The topological polar surface area (TPSA) is 12.0 Å². The van der Waals surface area contributed by atoms with Gasteiger partial charge >= 0.3 is 0 Å². The average Bonchev–Trinajstić information content (AvgIpc) is 2.84. The van der Waals surface area contributed by atoms with Gasteiger partial charge in [0, 0.05) is 10.7 Å². The third-order valence-electron chi connectivity index (χ3n) is 3.49. The average molecular weight is 261 g/mol. The molecule has 2 unspecified atom stereocenters. The molecule has 1 aromatic carbocycles. The van der Waals surface area contributed by atoms with Crippen LogP contribution in [-0.2, 0) is 0 Å². The quantitative estimate of drug-likeness (QED) is 0.789. The molecule has 2 atom stereocenters. The molecule has 0 aliphatic rings. The molecule has 2 heteroatoms. The Bertz CT molecular complexity index is 489. The van der Waals surface area contributed by atoms with Gasteiger partial charge in [0.05, 0.1) is 0 Å². The van der Waals surface area contributed by atoms with Crippen LogP contribution in [0.3, 0.4) is 0 Å². The second-order valence-electron chi connectivity index (χ2n) is 5.18. The van der Waals surface area contributed by atoms with E-state index in [4.69, 9.17) is 0 Å². The second kappa shape index (κ2) is 6.35. The molecule has 18 heavy (non-hydrogen) atoms. The molecule has 0 saturated heterocycles. The van der Waals surface area contributed by atoms with Crippen molar-refractivity contribution in [3.05, 3.63) is 35.2 Å². The number of nitrogens with one attached hydrogen (secondary N) is 1. The Morgan fingerprint density at radius 3 is 2.83 bits per heavy atom. The van der Waals surface area contributed by atoms with Gasteiger partial charge in [-0.3, -0.25) is 0 Å². The number of hydrogen-bond acceptors (Lipinski definition) is 2. The van der Waals surface area contributed by atoms with Gasteiger partial charge in [0.2, 0.25) is 0 Å². The molecule has 0 aliphatic carbocycles. The monoisotopic (exact) mass is 261 g/mol. The molecule has 1 aromatic heterocycles. The van der Waals surface area contributed by atoms with Gasteiger partial charge in [-0.25, -0.2) is 0 Å². The summed E-state index contributed by atoms with van der Waals surface area (Å²) in [5, 5.41) is 7.16. The lowest BCUT2D eigenvalue weighted by Crippen LogP contribution is -2.28. The first-order valence-corrected chi connectivity index (χ1v) is 7.79. The van der Waals surface area contributed by atoms with Crippen molar-refractivity contribution in [2.45, 2.75) is 45.6 Å². The lowest BCUT2D eigenvalue weighted by atomic mass is 9.93. The lowest BCUT2D eigenvalue weighted by Gasteiger charge is -2.19. The smallest absolute Gasteiger partial charge is 0.0377 e. The van der Waals surface area contributed by atoms with E-state index in [1.165, 1.54) is 28.5 Å². The molecule has 1 N–H and O–H groups in total. The van der Waals surface area contributed by atoms with Crippen molar-refractivity contribution in [3.63, 3.8) is 0 Å². The van der Waals surface area contributed by atoms with Gasteiger partial charge in [-0.1, -0.05) is 32.0 Å². The summed E-state index contributed by atoms with van der Waals surface area (Å²) in [5.74, 6) is 0.617. The first-order valence-electron chi connectivity index (χ1n) is 6.92. The molecule has 0 amide bonds. The highest BCUT2D eigenvalue weighted by Crippen LogP contribution is 2.31.